The molecule has 0 aliphatic carbocycles. The number of anilines is 1. The van der Waals surface area contributed by atoms with Gasteiger partial charge in [0.25, 0.3) is 5.91 Å². The Kier molecular flexibility index (Phi) is 3.35. The lowest BCUT2D eigenvalue weighted by Gasteiger charge is -2.06. The minimum atomic E-state index is -0.318. The number of rotatable bonds is 2. The molecule has 6 heteroatoms. The summed E-state index contributed by atoms with van der Waals surface area (Å²) >= 11 is 1.59. The minimum absolute atomic E-state index is 0.227. The molecule has 0 saturated heterocycles. The Hall–Kier alpha value is -2.73. The number of benzene rings is 2. The van der Waals surface area contributed by atoms with Crippen LogP contribution in [-0.4, -0.2) is 15.5 Å². The maximum absolute atomic E-state index is 13.4. The van der Waals surface area contributed by atoms with E-state index in [1.54, 1.807) is 35.1 Å². The van der Waals surface area contributed by atoms with Gasteiger partial charge in [-0.3, -0.25) is 4.79 Å². The zero-order chi connectivity index (χ0) is 16.8. The van der Waals surface area contributed by atoms with Crippen LogP contribution in [0.2, 0.25) is 0 Å². The number of amides is 1. The molecule has 2 aromatic carbocycles. The van der Waals surface area contributed by atoms with Crippen LogP contribution in [0.3, 0.4) is 0 Å². The Morgan fingerprint density at radius 2 is 2.04 bits per heavy atom. The molecule has 4 nitrogen and oxygen atoms in total. The van der Waals surface area contributed by atoms with Gasteiger partial charge in [-0.15, -0.1) is 11.3 Å². The lowest BCUT2D eigenvalue weighted by atomic mass is 10.2. The number of hydrogen-bond acceptors (Lipinski definition) is 3. The molecule has 0 aliphatic heterocycles. The molecule has 120 valence electrons. The maximum Gasteiger partial charge on any atom is 0.272 e. The van der Waals surface area contributed by atoms with E-state index in [4.69, 9.17) is 0 Å². The van der Waals surface area contributed by atoms with Gasteiger partial charge in [0.15, 0.2) is 0 Å². The fourth-order valence-corrected chi connectivity index (χ4v) is 3.70. The number of aromatic nitrogens is 2. The summed E-state index contributed by atoms with van der Waals surface area (Å²) in [7, 11) is 1.76. The standard InChI is InChI=1S/C18H14FN3OS/c1-10-20-14-6-5-13(9-17(14)24-10)21-18(23)16-7-11-3-4-12(19)8-15(11)22(16)2/h3-9H,1-2H3,(H,21,23). The first-order valence-electron chi connectivity index (χ1n) is 7.45. The van der Waals surface area contributed by atoms with Gasteiger partial charge in [-0.2, -0.15) is 0 Å². The quantitative estimate of drug-likeness (QED) is 0.585. The highest BCUT2D eigenvalue weighted by Crippen LogP contribution is 2.26. The second-order valence-electron chi connectivity index (χ2n) is 5.66. The van der Waals surface area contributed by atoms with E-state index in [0.29, 0.717) is 16.9 Å². The molecule has 24 heavy (non-hydrogen) atoms. The lowest BCUT2D eigenvalue weighted by Crippen LogP contribution is -2.15. The summed E-state index contributed by atoms with van der Waals surface area (Å²) in [6.07, 6.45) is 0. The zero-order valence-electron chi connectivity index (χ0n) is 13.1. The van der Waals surface area contributed by atoms with Crippen LogP contribution in [0.4, 0.5) is 10.1 Å². The van der Waals surface area contributed by atoms with E-state index in [1.807, 2.05) is 25.1 Å². The van der Waals surface area contributed by atoms with Gasteiger partial charge in [0, 0.05) is 18.1 Å². The van der Waals surface area contributed by atoms with E-state index >= 15 is 0 Å². The third-order valence-corrected chi connectivity index (χ3v) is 4.93. The summed E-state index contributed by atoms with van der Waals surface area (Å²) in [4.78, 5) is 17.0. The van der Waals surface area contributed by atoms with Gasteiger partial charge >= 0.3 is 0 Å². The first-order chi connectivity index (χ1) is 11.5. The summed E-state index contributed by atoms with van der Waals surface area (Å²) in [6, 6.07) is 11.9. The molecule has 0 bridgehead atoms. The van der Waals surface area contributed by atoms with Crippen LogP contribution in [0.15, 0.2) is 42.5 Å². The predicted octanol–water partition coefficient (Wildman–Crippen LogP) is 4.49. The molecule has 0 radical (unpaired) electrons. The van der Waals surface area contributed by atoms with Crippen molar-refractivity contribution in [3.8, 4) is 0 Å². The van der Waals surface area contributed by atoms with E-state index in [9.17, 15) is 9.18 Å². The average molecular weight is 339 g/mol. The molecular weight excluding hydrogens is 325 g/mol. The van der Waals surface area contributed by atoms with Crippen LogP contribution in [0.1, 0.15) is 15.5 Å². The van der Waals surface area contributed by atoms with E-state index in [-0.39, 0.29) is 11.7 Å². The Balaban J connectivity index is 1.68. The SMILES string of the molecule is Cc1nc2ccc(NC(=O)c3cc4ccc(F)cc4n3C)cc2s1. The third-order valence-electron chi connectivity index (χ3n) is 3.99. The summed E-state index contributed by atoms with van der Waals surface area (Å²) in [5.41, 5.74) is 2.81. The molecule has 0 atom stereocenters. The monoisotopic (exact) mass is 339 g/mol. The molecule has 0 unspecified atom stereocenters. The molecule has 2 heterocycles. The van der Waals surface area contributed by atoms with Crippen LogP contribution in [-0.2, 0) is 7.05 Å². The van der Waals surface area contributed by atoms with Gasteiger partial charge in [0.05, 0.1) is 20.7 Å². The number of thiazole rings is 1. The highest BCUT2D eigenvalue weighted by atomic mass is 32.1. The number of fused-ring (bicyclic) bond motifs is 2. The first kappa shape index (κ1) is 14.8. The van der Waals surface area contributed by atoms with E-state index in [2.05, 4.69) is 10.3 Å². The third kappa shape index (κ3) is 2.45. The molecular formula is C18H14FN3OS. The van der Waals surface area contributed by atoms with Gasteiger partial charge in [0.2, 0.25) is 0 Å². The van der Waals surface area contributed by atoms with E-state index in [1.165, 1.54) is 12.1 Å². The number of aryl methyl sites for hydroxylation is 2. The highest BCUT2D eigenvalue weighted by molar-refractivity contribution is 7.18. The predicted molar refractivity (Wildman–Crippen MR) is 95.2 cm³/mol. The van der Waals surface area contributed by atoms with Crippen molar-refractivity contribution in [1.29, 1.82) is 0 Å². The van der Waals surface area contributed by atoms with Gasteiger partial charge in [0.1, 0.15) is 11.5 Å². The van der Waals surface area contributed by atoms with Crippen molar-refractivity contribution in [2.45, 2.75) is 6.92 Å². The summed E-state index contributed by atoms with van der Waals surface area (Å²) in [5, 5.41) is 4.72. The van der Waals surface area contributed by atoms with Crippen LogP contribution in [0.25, 0.3) is 21.1 Å². The second-order valence-corrected chi connectivity index (χ2v) is 6.90. The Morgan fingerprint density at radius 3 is 2.88 bits per heavy atom. The van der Waals surface area contributed by atoms with Crippen molar-refractivity contribution in [2.24, 2.45) is 7.05 Å². The van der Waals surface area contributed by atoms with Crippen LogP contribution in [0.5, 0.6) is 0 Å². The summed E-state index contributed by atoms with van der Waals surface area (Å²) in [5.74, 6) is -0.545. The van der Waals surface area contributed by atoms with Crippen LogP contribution < -0.4 is 5.32 Å². The highest BCUT2D eigenvalue weighted by Gasteiger charge is 2.14. The van der Waals surface area contributed by atoms with Crippen molar-refractivity contribution in [1.82, 2.24) is 9.55 Å². The smallest absolute Gasteiger partial charge is 0.272 e. The maximum atomic E-state index is 13.4. The van der Waals surface area contributed by atoms with Crippen LogP contribution >= 0.6 is 11.3 Å². The van der Waals surface area contributed by atoms with Crippen molar-refractivity contribution in [3.63, 3.8) is 0 Å². The molecule has 1 N–H and O–H groups in total. The van der Waals surface area contributed by atoms with Crippen LogP contribution in [0, 0.1) is 12.7 Å². The van der Waals surface area contributed by atoms with Gasteiger partial charge in [-0.25, -0.2) is 9.37 Å². The Labute approximate surface area is 141 Å². The normalized spacial score (nSPS) is 11.3. The van der Waals surface area contributed by atoms with Crippen molar-refractivity contribution in [3.05, 3.63) is 59.0 Å². The van der Waals surface area contributed by atoms with E-state index < -0.39 is 0 Å². The lowest BCUT2D eigenvalue weighted by molar-refractivity contribution is 0.102. The fraction of sp³-hybridized carbons (Fsp3) is 0.111. The van der Waals surface area contributed by atoms with Gasteiger partial charge in [-0.1, -0.05) is 0 Å². The molecule has 1 amide bonds. The van der Waals surface area contributed by atoms with Crippen molar-refractivity contribution < 1.29 is 9.18 Å². The molecule has 0 aliphatic rings. The summed E-state index contributed by atoms with van der Waals surface area (Å²) < 4.78 is 16.1. The zero-order valence-corrected chi connectivity index (χ0v) is 13.9. The average Bonchev–Trinajstić information content (AvgIpc) is 3.06. The number of carbonyl (C=O) groups is 1. The molecule has 0 spiro atoms. The fourth-order valence-electron chi connectivity index (χ4n) is 2.83. The number of nitrogens with one attached hydrogen (secondary N) is 1. The number of carbonyl (C=O) groups excluding carboxylic acids is 1. The summed E-state index contributed by atoms with van der Waals surface area (Å²) in [6.45, 7) is 1.96. The van der Waals surface area contributed by atoms with Crippen molar-refractivity contribution in [2.75, 3.05) is 5.32 Å². The Morgan fingerprint density at radius 1 is 1.21 bits per heavy atom. The molecule has 4 rings (SSSR count). The number of halogens is 1. The minimum Gasteiger partial charge on any atom is -0.340 e. The number of nitrogens with zero attached hydrogens (tertiary/aromatic N) is 2. The van der Waals surface area contributed by atoms with Gasteiger partial charge in [-0.05, 0) is 49.4 Å². The number of hydrogen-bond donors (Lipinski definition) is 1. The molecule has 4 aromatic rings. The van der Waals surface area contributed by atoms with E-state index in [0.717, 1.165) is 20.6 Å². The van der Waals surface area contributed by atoms with Crippen molar-refractivity contribution >= 4 is 44.1 Å². The second kappa shape index (κ2) is 5.42. The Bertz CT molecular complexity index is 1100. The first-order valence-corrected chi connectivity index (χ1v) is 8.26. The molecule has 0 saturated carbocycles. The molecule has 0 fully saturated rings. The molecule has 2 aromatic heterocycles. The van der Waals surface area contributed by atoms with Gasteiger partial charge < -0.3 is 9.88 Å². The topological polar surface area (TPSA) is 46.9 Å². The largest absolute Gasteiger partial charge is 0.340 e.